The van der Waals surface area contributed by atoms with E-state index >= 15 is 0 Å². The minimum absolute atomic E-state index is 0.00343. The molecule has 0 spiro atoms. The number of hydrogen-bond donors (Lipinski definition) is 1. The number of nitrogens with zero attached hydrogens (tertiary/aromatic N) is 3. The molecule has 11 heteroatoms. The molecule has 0 unspecified atom stereocenters. The Kier molecular flexibility index (Phi) is 6.60. The van der Waals surface area contributed by atoms with Gasteiger partial charge in [-0.15, -0.1) is 0 Å². The number of anilines is 1. The van der Waals surface area contributed by atoms with Crippen LogP contribution in [0, 0.1) is 22.9 Å². The van der Waals surface area contributed by atoms with Gasteiger partial charge in [-0.25, -0.2) is 4.39 Å². The van der Waals surface area contributed by atoms with E-state index in [4.69, 9.17) is 20.8 Å². The lowest BCUT2D eigenvalue weighted by molar-refractivity contribution is -0.386. The number of nitro groups is 1. The van der Waals surface area contributed by atoms with Gasteiger partial charge in [0.15, 0.2) is 17.3 Å². The molecule has 0 saturated carbocycles. The Morgan fingerprint density at radius 3 is 2.85 bits per heavy atom. The lowest BCUT2D eigenvalue weighted by Crippen LogP contribution is -2.12. The number of aryl methyl sites for hydroxylation is 1. The smallest absolute Gasteiger partial charge is 0.311 e. The molecule has 1 N–H and O–H groups in total. The molecule has 4 rings (SSSR count). The van der Waals surface area contributed by atoms with Crippen molar-refractivity contribution in [3.63, 3.8) is 0 Å². The number of halogens is 2. The number of aromatic nitrogens is 2. The third-order valence-electron chi connectivity index (χ3n) is 4.83. The van der Waals surface area contributed by atoms with Gasteiger partial charge < -0.3 is 14.5 Å². The van der Waals surface area contributed by atoms with Gasteiger partial charge in [0, 0.05) is 28.9 Å². The van der Waals surface area contributed by atoms with Crippen molar-refractivity contribution in [2.24, 2.45) is 0 Å². The Morgan fingerprint density at radius 2 is 2.09 bits per heavy atom. The number of amides is 1. The second kappa shape index (κ2) is 9.75. The predicted molar refractivity (Wildman–Crippen MR) is 122 cm³/mol. The van der Waals surface area contributed by atoms with Crippen molar-refractivity contribution < 1.29 is 23.3 Å². The van der Waals surface area contributed by atoms with E-state index in [1.165, 1.54) is 41.1 Å². The van der Waals surface area contributed by atoms with Crippen LogP contribution in [0.25, 0.3) is 0 Å². The summed E-state index contributed by atoms with van der Waals surface area (Å²) in [5.41, 5.74) is 0.863. The fourth-order valence-electron chi connectivity index (χ4n) is 3.16. The van der Waals surface area contributed by atoms with Crippen molar-refractivity contribution in [3.8, 4) is 5.75 Å². The number of furan rings is 1. The number of ether oxygens (including phenoxy) is 1. The van der Waals surface area contributed by atoms with Gasteiger partial charge in [0.05, 0.1) is 11.5 Å². The van der Waals surface area contributed by atoms with E-state index in [2.05, 4.69) is 10.4 Å². The summed E-state index contributed by atoms with van der Waals surface area (Å²) in [6, 6.07) is 13.6. The van der Waals surface area contributed by atoms with Crippen molar-refractivity contribution in [1.29, 1.82) is 0 Å². The summed E-state index contributed by atoms with van der Waals surface area (Å²) < 4.78 is 26.4. The third-order valence-corrected chi connectivity index (χ3v) is 5.18. The highest BCUT2D eigenvalue weighted by atomic mass is 35.5. The van der Waals surface area contributed by atoms with E-state index in [-0.39, 0.29) is 46.8 Å². The van der Waals surface area contributed by atoms with E-state index in [0.717, 1.165) is 5.56 Å². The van der Waals surface area contributed by atoms with Crippen LogP contribution in [-0.2, 0) is 13.2 Å². The van der Waals surface area contributed by atoms with Crippen LogP contribution in [-0.4, -0.2) is 20.6 Å². The monoisotopic (exact) mass is 484 g/mol. The van der Waals surface area contributed by atoms with E-state index < -0.39 is 16.6 Å². The topological polar surface area (TPSA) is 112 Å². The maximum atomic E-state index is 14.0. The maximum Gasteiger partial charge on any atom is 0.311 e. The normalized spacial score (nSPS) is 10.8. The first-order valence-corrected chi connectivity index (χ1v) is 10.4. The molecule has 0 aliphatic rings. The number of nitrogens with one attached hydrogen (secondary N) is 1. The van der Waals surface area contributed by atoms with Gasteiger partial charge in [0.2, 0.25) is 0 Å². The van der Waals surface area contributed by atoms with Crippen molar-refractivity contribution in [1.82, 2.24) is 9.78 Å². The average Bonchev–Trinajstić information content (AvgIpc) is 3.45. The highest BCUT2D eigenvalue weighted by molar-refractivity contribution is 6.31. The first-order chi connectivity index (χ1) is 16.3. The van der Waals surface area contributed by atoms with Crippen LogP contribution in [0.2, 0.25) is 5.02 Å². The molecule has 0 aliphatic heterocycles. The molecule has 0 aliphatic carbocycles. The zero-order valence-corrected chi connectivity index (χ0v) is 18.6. The Balaban J connectivity index is 1.38. The second-order valence-corrected chi connectivity index (χ2v) is 7.74. The predicted octanol–water partition coefficient (Wildman–Crippen LogP) is 5.36. The largest absolute Gasteiger partial charge is 0.479 e. The summed E-state index contributed by atoms with van der Waals surface area (Å²) in [6.07, 6.45) is 1.58. The first kappa shape index (κ1) is 23.0. The fourth-order valence-corrected chi connectivity index (χ4v) is 3.38. The van der Waals surface area contributed by atoms with Crippen molar-refractivity contribution >= 4 is 29.0 Å². The summed E-state index contributed by atoms with van der Waals surface area (Å²) in [6.45, 7) is 1.73. The Bertz CT molecular complexity index is 1350. The van der Waals surface area contributed by atoms with Crippen LogP contribution in [0.1, 0.15) is 27.4 Å². The molecule has 174 valence electrons. The van der Waals surface area contributed by atoms with Gasteiger partial charge in [0.1, 0.15) is 18.2 Å². The van der Waals surface area contributed by atoms with Crippen LogP contribution >= 0.6 is 11.6 Å². The zero-order chi connectivity index (χ0) is 24.2. The highest BCUT2D eigenvalue weighted by Crippen LogP contribution is 2.28. The third kappa shape index (κ3) is 5.24. The Hall–Kier alpha value is -4.18. The SMILES string of the molecule is Cc1ccc(OCc2ccc(C(=O)Nc3ccn(Cc4c(F)cccc4Cl)n3)o2)c([N+](=O)[O-])c1. The molecular weight excluding hydrogens is 467 g/mol. The van der Waals surface area contributed by atoms with Gasteiger partial charge in [-0.05, 0) is 42.8 Å². The van der Waals surface area contributed by atoms with Gasteiger partial charge in [0.25, 0.3) is 5.91 Å². The summed E-state index contributed by atoms with van der Waals surface area (Å²) in [5, 5.41) is 18.3. The van der Waals surface area contributed by atoms with E-state index in [1.54, 1.807) is 31.3 Å². The van der Waals surface area contributed by atoms with Crippen LogP contribution in [0.4, 0.5) is 15.9 Å². The summed E-state index contributed by atoms with van der Waals surface area (Å²) >= 11 is 6.04. The summed E-state index contributed by atoms with van der Waals surface area (Å²) in [4.78, 5) is 23.2. The van der Waals surface area contributed by atoms with Crippen LogP contribution < -0.4 is 10.1 Å². The van der Waals surface area contributed by atoms with Gasteiger partial charge in [-0.1, -0.05) is 23.7 Å². The number of carbonyl (C=O) groups is 1. The van der Waals surface area contributed by atoms with E-state index in [0.29, 0.717) is 5.76 Å². The molecule has 0 radical (unpaired) electrons. The molecule has 2 heterocycles. The quantitative estimate of drug-likeness (QED) is 0.266. The van der Waals surface area contributed by atoms with Crippen molar-refractivity contribution in [3.05, 3.63) is 104 Å². The number of benzene rings is 2. The lowest BCUT2D eigenvalue weighted by Gasteiger charge is -2.06. The molecular formula is C23H18ClFN4O5. The minimum Gasteiger partial charge on any atom is -0.479 e. The molecule has 9 nitrogen and oxygen atoms in total. The lowest BCUT2D eigenvalue weighted by atomic mass is 10.2. The van der Waals surface area contributed by atoms with Crippen LogP contribution in [0.15, 0.2) is 65.2 Å². The molecule has 0 fully saturated rings. The molecule has 2 aromatic carbocycles. The van der Waals surface area contributed by atoms with Crippen LogP contribution in [0.5, 0.6) is 5.75 Å². The average molecular weight is 485 g/mol. The Morgan fingerprint density at radius 1 is 1.26 bits per heavy atom. The standard InChI is InChI=1S/C23H18ClFN4O5/c1-14-5-7-20(19(11-14)29(31)32)33-13-15-6-8-21(34-15)23(30)26-22-9-10-28(27-22)12-16-17(24)3-2-4-18(16)25/h2-11H,12-13H2,1H3,(H,26,27,30). The molecule has 0 saturated heterocycles. The fraction of sp³-hybridized carbons (Fsp3) is 0.130. The molecule has 0 bridgehead atoms. The van der Waals surface area contributed by atoms with Crippen molar-refractivity contribution in [2.45, 2.75) is 20.1 Å². The number of rotatable bonds is 8. The van der Waals surface area contributed by atoms with Gasteiger partial charge >= 0.3 is 5.69 Å². The molecule has 0 atom stereocenters. The Labute approximate surface area is 197 Å². The molecule has 1 amide bonds. The number of hydrogen-bond acceptors (Lipinski definition) is 6. The molecule has 4 aromatic rings. The summed E-state index contributed by atoms with van der Waals surface area (Å²) in [5.74, 6) is -0.361. The van der Waals surface area contributed by atoms with Crippen LogP contribution in [0.3, 0.4) is 0 Å². The zero-order valence-electron chi connectivity index (χ0n) is 17.8. The highest BCUT2D eigenvalue weighted by Gasteiger charge is 2.17. The van der Waals surface area contributed by atoms with E-state index in [9.17, 15) is 19.3 Å². The van der Waals surface area contributed by atoms with Gasteiger partial charge in [-0.3, -0.25) is 19.6 Å². The number of nitro benzene ring substituents is 1. The summed E-state index contributed by atoms with van der Waals surface area (Å²) in [7, 11) is 0. The molecule has 2 aromatic heterocycles. The minimum atomic E-state index is -0.554. The van der Waals surface area contributed by atoms with Gasteiger partial charge in [-0.2, -0.15) is 5.10 Å². The van der Waals surface area contributed by atoms with Crippen molar-refractivity contribution in [2.75, 3.05) is 5.32 Å². The number of carbonyl (C=O) groups excluding carboxylic acids is 1. The molecule has 34 heavy (non-hydrogen) atoms. The first-order valence-electron chi connectivity index (χ1n) is 10.0. The second-order valence-electron chi connectivity index (χ2n) is 7.34. The van der Waals surface area contributed by atoms with E-state index in [1.807, 2.05) is 0 Å². The maximum absolute atomic E-state index is 14.0.